The van der Waals surface area contributed by atoms with Crippen LogP contribution in [0.4, 0.5) is 10.3 Å². The average molecular weight is 381 g/mol. The molecule has 28 heavy (non-hydrogen) atoms. The van der Waals surface area contributed by atoms with Gasteiger partial charge in [-0.1, -0.05) is 12.1 Å². The van der Waals surface area contributed by atoms with E-state index in [1.54, 1.807) is 25.4 Å². The van der Waals surface area contributed by atoms with E-state index in [1.165, 1.54) is 29.1 Å². The Morgan fingerprint density at radius 3 is 2.86 bits per heavy atom. The lowest BCUT2D eigenvalue weighted by atomic mass is 10.1. The topological polar surface area (TPSA) is 73.1 Å². The normalized spacial score (nSPS) is 17.4. The third-order valence-corrected chi connectivity index (χ3v) is 4.80. The largest absolute Gasteiger partial charge is 0.372 e. The molecular weight excluding hydrogens is 361 g/mol. The van der Waals surface area contributed by atoms with Crippen LogP contribution in [0.15, 0.2) is 53.7 Å². The molecule has 1 saturated heterocycles. The summed E-state index contributed by atoms with van der Waals surface area (Å²) in [6.45, 7) is 1.67. The summed E-state index contributed by atoms with van der Waals surface area (Å²) in [4.78, 5) is 27.2. The second-order valence-corrected chi connectivity index (χ2v) is 6.62. The number of rotatable bonds is 3. The number of nitrogens with zero attached hydrogens (tertiary/aromatic N) is 5. The van der Waals surface area contributed by atoms with Crippen LogP contribution in [0.2, 0.25) is 0 Å². The van der Waals surface area contributed by atoms with Gasteiger partial charge in [-0.15, -0.1) is 0 Å². The molecular formula is C20H20FN5O2. The van der Waals surface area contributed by atoms with Crippen LogP contribution in [0.25, 0.3) is 11.4 Å². The molecule has 7 nitrogen and oxygen atoms in total. The summed E-state index contributed by atoms with van der Waals surface area (Å²) in [5, 5.41) is 0. The van der Waals surface area contributed by atoms with E-state index < -0.39 is 0 Å². The molecule has 0 aliphatic carbocycles. The Hall–Kier alpha value is -3.13. The van der Waals surface area contributed by atoms with E-state index >= 15 is 0 Å². The van der Waals surface area contributed by atoms with Crippen molar-refractivity contribution < 1.29 is 9.13 Å². The maximum atomic E-state index is 13.5. The van der Waals surface area contributed by atoms with E-state index in [-0.39, 0.29) is 17.5 Å². The summed E-state index contributed by atoms with van der Waals surface area (Å²) >= 11 is 0. The van der Waals surface area contributed by atoms with Gasteiger partial charge in [-0.3, -0.25) is 9.36 Å². The number of hydrogen-bond donors (Lipinski definition) is 0. The van der Waals surface area contributed by atoms with E-state index in [4.69, 9.17) is 4.74 Å². The first-order valence-corrected chi connectivity index (χ1v) is 9.08. The minimum absolute atomic E-state index is 0.162. The van der Waals surface area contributed by atoms with Crippen molar-refractivity contribution in [1.29, 1.82) is 0 Å². The fraction of sp³-hybridized carbons (Fsp3) is 0.300. The first-order chi connectivity index (χ1) is 13.6. The smallest absolute Gasteiger partial charge is 0.255 e. The van der Waals surface area contributed by atoms with Gasteiger partial charge in [0.25, 0.3) is 5.56 Å². The highest BCUT2D eigenvalue weighted by atomic mass is 19.1. The van der Waals surface area contributed by atoms with Crippen LogP contribution in [-0.4, -0.2) is 39.2 Å². The Kier molecular flexibility index (Phi) is 5.12. The summed E-state index contributed by atoms with van der Waals surface area (Å²) in [6, 6.07) is 9.67. The fourth-order valence-corrected chi connectivity index (χ4v) is 3.33. The van der Waals surface area contributed by atoms with Crippen molar-refractivity contribution in [2.45, 2.75) is 12.5 Å². The van der Waals surface area contributed by atoms with Gasteiger partial charge in [0.2, 0.25) is 5.95 Å². The highest BCUT2D eigenvalue weighted by Crippen LogP contribution is 2.26. The van der Waals surface area contributed by atoms with Gasteiger partial charge in [-0.05, 0) is 30.2 Å². The van der Waals surface area contributed by atoms with Crippen LogP contribution in [0.3, 0.4) is 0 Å². The van der Waals surface area contributed by atoms with Gasteiger partial charge in [-0.2, -0.15) is 0 Å². The molecule has 1 atom stereocenters. The molecule has 0 bridgehead atoms. The number of aromatic nitrogens is 4. The van der Waals surface area contributed by atoms with Crippen molar-refractivity contribution >= 4 is 5.95 Å². The Balaban J connectivity index is 1.61. The SMILES string of the molecule is Cn1c(N2CCOC(c3cccc(F)c3)CC2)nc(-c2ccncn2)cc1=O. The summed E-state index contributed by atoms with van der Waals surface area (Å²) in [6.07, 6.45) is 3.52. The van der Waals surface area contributed by atoms with Gasteiger partial charge in [-0.25, -0.2) is 19.3 Å². The summed E-state index contributed by atoms with van der Waals surface area (Å²) in [5.41, 5.74) is 1.76. The van der Waals surface area contributed by atoms with Crippen LogP contribution in [0, 0.1) is 5.82 Å². The van der Waals surface area contributed by atoms with Gasteiger partial charge < -0.3 is 9.64 Å². The Labute approximate surface area is 161 Å². The third kappa shape index (κ3) is 3.77. The van der Waals surface area contributed by atoms with Gasteiger partial charge in [0.1, 0.15) is 12.1 Å². The maximum absolute atomic E-state index is 13.5. The van der Waals surface area contributed by atoms with E-state index in [9.17, 15) is 9.18 Å². The standard InChI is InChI=1S/C20H20FN5O2/c1-25-19(27)12-17(16-5-7-22-13-23-16)24-20(25)26-8-6-18(28-10-9-26)14-3-2-4-15(21)11-14/h2-5,7,11-13,18H,6,8-10H2,1H3. The number of hydrogen-bond acceptors (Lipinski definition) is 6. The van der Waals surface area contributed by atoms with Crippen molar-refractivity contribution in [1.82, 2.24) is 19.5 Å². The Bertz CT molecular complexity index is 1020. The molecule has 0 N–H and O–H groups in total. The average Bonchev–Trinajstić information content (AvgIpc) is 2.97. The molecule has 2 aromatic heterocycles. The number of ether oxygens (including phenoxy) is 1. The molecule has 8 heteroatoms. The molecule has 1 aliphatic heterocycles. The van der Waals surface area contributed by atoms with Crippen LogP contribution in [0.5, 0.6) is 0 Å². The summed E-state index contributed by atoms with van der Waals surface area (Å²) in [5.74, 6) is 0.286. The van der Waals surface area contributed by atoms with E-state index in [0.717, 1.165) is 5.56 Å². The quantitative estimate of drug-likeness (QED) is 0.693. The van der Waals surface area contributed by atoms with Gasteiger partial charge in [0.05, 0.1) is 24.1 Å². The van der Waals surface area contributed by atoms with Gasteiger partial charge >= 0.3 is 0 Å². The van der Waals surface area contributed by atoms with E-state index in [2.05, 4.69) is 15.0 Å². The molecule has 3 aromatic rings. The minimum atomic E-state index is -0.274. The molecule has 1 aliphatic rings. The van der Waals surface area contributed by atoms with Crippen LogP contribution in [-0.2, 0) is 11.8 Å². The van der Waals surface area contributed by atoms with Crippen molar-refractivity contribution in [3.8, 4) is 11.4 Å². The highest BCUT2D eigenvalue weighted by Gasteiger charge is 2.22. The predicted octanol–water partition coefficient (Wildman–Crippen LogP) is 2.34. The number of halogens is 1. The molecule has 1 aromatic carbocycles. The predicted molar refractivity (Wildman–Crippen MR) is 102 cm³/mol. The monoisotopic (exact) mass is 381 g/mol. The molecule has 1 fully saturated rings. The highest BCUT2D eigenvalue weighted by molar-refractivity contribution is 5.55. The molecule has 0 amide bonds. The maximum Gasteiger partial charge on any atom is 0.255 e. The lowest BCUT2D eigenvalue weighted by molar-refractivity contribution is 0.0645. The third-order valence-electron chi connectivity index (χ3n) is 4.80. The van der Waals surface area contributed by atoms with Gasteiger partial charge in [0.15, 0.2) is 0 Å². The van der Waals surface area contributed by atoms with Crippen molar-refractivity contribution in [3.63, 3.8) is 0 Å². The Morgan fingerprint density at radius 1 is 1.18 bits per heavy atom. The molecule has 0 radical (unpaired) electrons. The van der Waals surface area contributed by atoms with E-state index in [0.29, 0.717) is 43.5 Å². The molecule has 0 saturated carbocycles. The zero-order valence-corrected chi connectivity index (χ0v) is 15.5. The van der Waals surface area contributed by atoms with Gasteiger partial charge in [0, 0.05) is 32.4 Å². The van der Waals surface area contributed by atoms with Crippen molar-refractivity contribution in [2.24, 2.45) is 7.05 Å². The molecule has 144 valence electrons. The second kappa shape index (κ2) is 7.85. The lowest BCUT2D eigenvalue weighted by Crippen LogP contribution is -2.33. The second-order valence-electron chi connectivity index (χ2n) is 6.62. The summed E-state index contributed by atoms with van der Waals surface area (Å²) < 4.78 is 21.0. The fourth-order valence-electron chi connectivity index (χ4n) is 3.33. The number of benzene rings is 1. The zero-order valence-electron chi connectivity index (χ0n) is 15.5. The van der Waals surface area contributed by atoms with E-state index in [1.807, 2.05) is 11.0 Å². The van der Waals surface area contributed by atoms with Crippen LogP contribution >= 0.6 is 0 Å². The van der Waals surface area contributed by atoms with Crippen molar-refractivity contribution in [3.05, 3.63) is 70.7 Å². The molecule has 3 heterocycles. The first-order valence-electron chi connectivity index (χ1n) is 9.08. The molecule has 1 unspecified atom stereocenters. The molecule has 4 rings (SSSR count). The lowest BCUT2D eigenvalue weighted by Gasteiger charge is -2.23. The van der Waals surface area contributed by atoms with Crippen LogP contribution in [0.1, 0.15) is 18.1 Å². The van der Waals surface area contributed by atoms with Crippen LogP contribution < -0.4 is 10.5 Å². The molecule has 0 spiro atoms. The summed E-state index contributed by atoms with van der Waals surface area (Å²) in [7, 11) is 1.70. The zero-order chi connectivity index (χ0) is 19.5. The number of anilines is 1. The Morgan fingerprint density at radius 2 is 2.07 bits per heavy atom. The first kappa shape index (κ1) is 18.2. The minimum Gasteiger partial charge on any atom is -0.372 e. The van der Waals surface area contributed by atoms with Crippen molar-refractivity contribution in [2.75, 3.05) is 24.6 Å².